The number of nitrogens with one attached hydrogen (secondary N) is 2. The first-order valence-electron chi connectivity index (χ1n) is 10.5. The molecule has 0 saturated carbocycles. The number of hydrogen-bond donors (Lipinski definition) is 2. The minimum Gasteiger partial charge on any atom is -0.383 e. The fourth-order valence-corrected chi connectivity index (χ4v) is 4.20. The zero-order chi connectivity index (χ0) is 19.9. The summed E-state index contributed by atoms with van der Waals surface area (Å²) in [5.41, 5.74) is 0. The maximum Gasteiger partial charge on any atom is 0.232 e. The molecule has 2 fully saturated rings. The smallest absolute Gasteiger partial charge is 0.232 e. The zero-order valence-corrected chi connectivity index (χ0v) is 18.2. The quantitative estimate of drug-likeness (QED) is 0.552. The van der Waals surface area contributed by atoms with Crippen molar-refractivity contribution in [2.24, 2.45) is 11.8 Å². The molecule has 1 aromatic heterocycles. The summed E-state index contributed by atoms with van der Waals surface area (Å²) in [7, 11) is 1.68. The van der Waals surface area contributed by atoms with E-state index in [-0.39, 0.29) is 0 Å². The summed E-state index contributed by atoms with van der Waals surface area (Å²) < 4.78 is 5.06. The van der Waals surface area contributed by atoms with E-state index in [2.05, 4.69) is 40.3 Å². The Labute approximate surface area is 174 Å². The van der Waals surface area contributed by atoms with Crippen molar-refractivity contribution in [2.45, 2.75) is 39.5 Å². The molecule has 2 aliphatic rings. The van der Waals surface area contributed by atoms with Crippen molar-refractivity contribution in [1.82, 2.24) is 15.3 Å². The SMILES string of the molecule is COCCNC(=S)Nc1nc(N2CCC[C@H](C)C2)cc(N2CCC[C@H](C)C2)n1. The Balaban J connectivity index is 1.80. The number of methoxy groups -OCH3 is 1. The molecule has 0 radical (unpaired) electrons. The lowest BCUT2D eigenvalue weighted by molar-refractivity contribution is 0.204. The largest absolute Gasteiger partial charge is 0.383 e. The van der Waals surface area contributed by atoms with Crippen LogP contribution in [-0.4, -0.2) is 61.5 Å². The lowest BCUT2D eigenvalue weighted by Gasteiger charge is -2.35. The number of piperidine rings is 2. The van der Waals surface area contributed by atoms with Crippen LogP contribution in [0.1, 0.15) is 39.5 Å². The predicted molar refractivity (Wildman–Crippen MR) is 119 cm³/mol. The number of nitrogens with zero attached hydrogens (tertiary/aromatic N) is 4. The molecule has 3 rings (SSSR count). The van der Waals surface area contributed by atoms with Crippen molar-refractivity contribution >= 4 is 34.9 Å². The molecule has 0 aliphatic carbocycles. The van der Waals surface area contributed by atoms with E-state index in [9.17, 15) is 0 Å². The monoisotopic (exact) mass is 406 g/mol. The van der Waals surface area contributed by atoms with Crippen LogP contribution in [0.4, 0.5) is 17.6 Å². The number of aromatic nitrogens is 2. The van der Waals surface area contributed by atoms with Crippen LogP contribution in [0.25, 0.3) is 0 Å². The first-order chi connectivity index (χ1) is 13.5. The van der Waals surface area contributed by atoms with E-state index in [4.69, 9.17) is 26.9 Å². The first kappa shape index (κ1) is 21.0. The van der Waals surface area contributed by atoms with Crippen LogP contribution in [0.3, 0.4) is 0 Å². The Kier molecular flexibility index (Phi) is 7.67. The molecule has 0 amide bonds. The number of hydrogen-bond acceptors (Lipinski definition) is 6. The van der Waals surface area contributed by atoms with E-state index in [1.807, 2.05) is 0 Å². The highest BCUT2D eigenvalue weighted by atomic mass is 32.1. The van der Waals surface area contributed by atoms with E-state index in [1.54, 1.807) is 7.11 Å². The maximum absolute atomic E-state index is 5.40. The van der Waals surface area contributed by atoms with Gasteiger partial charge in [-0.2, -0.15) is 9.97 Å². The number of rotatable bonds is 6. The Hall–Kier alpha value is -1.67. The highest BCUT2D eigenvalue weighted by Gasteiger charge is 2.23. The van der Waals surface area contributed by atoms with Crippen molar-refractivity contribution in [3.05, 3.63) is 6.07 Å². The van der Waals surface area contributed by atoms with Crippen molar-refractivity contribution < 1.29 is 4.74 Å². The van der Waals surface area contributed by atoms with Gasteiger partial charge < -0.3 is 25.2 Å². The molecule has 0 aromatic carbocycles. The highest BCUT2D eigenvalue weighted by molar-refractivity contribution is 7.80. The van der Waals surface area contributed by atoms with Crippen LogP contribution in [0.2, 0.25) is 0 Å². The average molecular weight is 407 g/mol. The van der Waals surface area contributed by atoms with Crippen molar-refractivity contribution in [3.63, 3.8) is 0 Å². The molecular weight excluding hydrogens is 372 g/mol. The van der Waals surface area contributed by atoms with Crippen LogP contribution in [0.15, 0.2) is 6.07 Å². The van der Waals surface area contributed by atoms with Gasteiger partial charge in [0.1, 0.15) is 11.6 Å². The third-order valence-corrected chi connectivity index (χ3v) is 5.72. The Morgan fingerprint density at radius 2 is 1.68 bits per heavy atom. The van der Waals surface area contributed by atoms with Crippen LogP contribution in [0.5, 0.6) is 0 Å². The summed E-state index contributed by atoms with van der Waals surface area (Å²) in [5, 5.41) is 6.83. The fraction of sp³-hybridized carbons (Fsp3) is 0.750. The van der Waals surface area contributed by atoms with Crippen molar-refractivity contribution in [2.75, 3.05) is 61.6 Å². The molecule has 2 N–H and O–H groups in total. The average Bonchev–Trinajstić information content (AvgIpc) is 2.68. The second-order valence-corrected chi connectivity index (χ2v) is 8.58. The Bertz CT molecular complexity index is 617. The number of ether oxygens (including phenoxy) is 1. The van der Waals surface area contributed by atoms with Gasteiger partial charge in [0.2, 0.25) is 5.95 Å². The minimum absolute atomic E-state index is 0.527. The van der Waals surface area contributed by atoms with E-state index >= 15 is 0 Å². The molecule has 0 unspecified atom stereocenters. The summed E-state index contributed by atoms with van der Waals surface area (Å²) in [6, 6.07) is 2.16. The standard InChI is InChI=1S/C20H34N6OS/c1-15-6-4-9-25(13-15)17-12-18(26-10-5-7-16(2)14-26)23-19(22-17)24-20(28)21-8-11-27-3/h12,15-16H,4-11,13-14H2,1-3H3,(H2,21,22,23,24,28)/t15-,16-/m0/s1. The first-order valence-corrected chi connectivity index (χ1v) is 10.9. The van der Waals surface area contributed by atoms with Gasteiger partial charge in [0.25, 0.3) is 0 Å². The molecule has 2 atom stereocenters. The Morgan fingerprint density at radius 3 is 2.18 bits per heavy atom. The van der Waals surface area contributed by atoms with E-state index in [1.165, 1.54) is 25.7 Å². The van der Waals surface area contributed by atoms with Gasteiger partial charge in [0.15, 0.2) is 5.11 Å². The summed E-state index contributed by atoms with van der Waals surface area (Å²) in [5.74, 6) is 3.94. The van der Waals surface area contributed by atoms with Crippen LogP contribution < -0.4 is 20.4 Å². The number of anilines is 3. The van der Waals surface area contributed by atoms with Gasteiger partial charge in [0.05, 0.1) is 6.61 Å². The Morgan fingerprint density at radius 1 is 1.11 bits per heavy atom. The van der Waals surface area contributed by atoms with E-state index in [0.29, 0.717) is 36.0 Å². The van der Waals surface area contributed by atoms with Crippen LogP contribution in [0, 0.1) is 11.8 Å². The van der Waals surface area contributed by atoms with Crippen molar-refractivity contribution in [3.8, 4) is 0 Å². The molecule has 28 heavy (non-hydrogen) atoms. The van der Waals surface area contributed by atoms with Gasteiger partial charge in [-0.05, 0) is 49.7 Å². The highest BCUT2D eigenvalue weighted by Crippen LogP contribution is 2.28. The molecule has 0 spiro atoms. The van der Waals surface area contributed by atoms with Crippen LogP contribution >= 0.6 is 12.2 Å². The summed E-state index contributed by atoms with van der Waals surface area (Å²) >= 11 is 5.40. The van der Waals surface area contributed by atoms with Gasteiger partial charge >= 0.3 is 0 Å². The fourth-order valence-electron chi connectivity index (χ4n) is 4.01. The van der Waals surface area contributed by atoms with Gasteiger partial charge in [0, 0.05) is 45.9 Å². The summed E-state index contributed by atoms with van der Waals surface area (Å²) in [4.78, 5) is 14.4. The minimum atomic E-state index is 0.527. The lowest BCUT2D eigenvalue weighted by Crippen LogP contribution is -2.37. The second-order valence-electron chi connectivity index (χ2n) is 8.17. The van der Waals surface area contributed by atoms with Gasteiger partial charge in [-0.1, -0.05) is 13.8 Å². The van der Waals surface area contributed by atoms with Gasteiger partial charge in [-0.25, -0.2) is 0 Å². The third kappa shape index (κ3) is 5.91. The molecule has 1 aromatic rings. The molecule has 156 valence electrons. The second kappa shape index (κ2) is 10.2. The normalized spacial score (nSPS) is 22.8. The van der Waals surface area contributed by atoms with E-state index in [0.717, 1.165) is 37.8 Å². The molecule has 3 heterocycles. The molecule has 7 nitrogen and oxygen atoms in total. The van der Waals surface area contributed by atoms with Gasteiger partial charge in [-0.3, -0.25) is 0 Å². The number of thiocarbonyl (C=S) groups is 1. The van der Waals surface area contributed by atoms with Gasteiger partial charge in [-0.15, -0.1) is 0 Å². The van der Waals surface area contributed by atoms with Crippen LogP contribution in [-0.2, 0) is 4.74 Å². The lowest BCUT2D eigenvalue weighted by atomic mass is 10.00. The molecular formula is C20H34N6OS. The molecule has 2 saturated heterocycles. The zero-order valence-electron chi connectivity index (χ0n) is 17.4. The molecule has 0 bridgehead atoms. The summed E-state index contributed by atoms with van der Waals surface area (Å²) in [6.07, 6.45) is 5.00. The summed E-state index contributed by atoms with van der Waals surface area (Å²) in [6.45, 7) is 10.1. The van der Waals surface area contributed by atoms with Crippen molar-refractivity contribution in [1.29, 1.82) is 0 Å². The molecule has 8 heteroatoms. The predicted octanol–water partition coefficient (Wildman–Crippen LogP) is 2.88. The maximum atomic E-state index is 5.40. The molecule has 2 aliphatic heterocycles. The van der Waals surface area contributed by atoms with E-state index < -0.39 is 0 Å². The third-order valence-electron chi connectivity index (χ3n) is 5.48. The topological polar surface area (TPSA) is 65.6 Å².